The lowest BCUT2D eigenvalue weighted by molar-refractivity contribution is 0.0743. The fourth-order valence-corrected chi connectivity index (χ4v) is 4.21. The van der Waals surface area contributed by atoms with Crippen molar-refractivity contribution in [3.05, 3.63) is 83.4 Å². The maximum Gasteiger partial charge on any atom is 0.258 e. The smallest absolute Gasteiger partial charge is 0.258 e. The van der Waals surface area contributed by atoms with Gasteiger partial charge in [0.05, 0.1) is 25.8 Å². The van der Waals surface area contributed by atoms with Gasteiger partial charge in [-0.25, -0.2) is 0 Å². The number of fused-ring (bicyclic) bond motifs is 1. The van der Waals surface area contributed by atoms with Crippen LogP contribution in [0, 0.1) is 5.92 Å². The third-order valence-corrected chi connectivity index (χ3v) is 6.42. The van der Waals surface area contributed by atoms with Crippen LogP contribution >= 0.6 is 0 Å². The quantitative estimate of drug-likeness (QED) is 0.390. The minimum Gasteiger partial charge on any atom is -0.493 e. The first-order valence-electron chi connectivity index (χ1n) is 12.2. The van der Waals surface area contributed by atoms with Crippen molar-refractivity contribution >= 4 is 5.91 Å². The average Bonchev–Trinajstić information content (AvgIpc) is 3.73. The fourth-order valence-electron chi connectivity index (χ4n) is 4.21. The molecule has 0 atom stereocenters. The molecule has 3 aromatic carbocycles. The molecule has 1 heterocycles. The number of hydrogen-bond acceptors (Lipinski definition) is 5. The molecule has 1 aliphatic heterocycles. The number of carbonyl (C=O) groups excluding carboxylic acids is 1. The molecular formula is C29H31NO5. The molecule has 0 bridgehead atoms. The van der Waals surface area contributed by atoms with Gasteiger partial charge in [0.1, 0.15) is 24.7 Å². The third-order valence-electron chi connectivity index (χ3n) is 6.42. The minimum absolute atomic E-state index is 0.0594. The molecule has 0 unspecified atom stereocenters. The Labute approximate surface area is 206 Å². The van der Waals surface area contributed by atoms with E-state index in [1.807, 2.05) is 54.6 Å². The van der Waals surface area contributed by atoms with Crippen molar-refractivity contribution in [1.82, 2.24) is 4.90 Å². The molecule has 6 heteroatoms. The second kappa shape index (κ2) is 10.7. The molecule has 0 spiro atoms. The van der Waals surface area contributed by atoms with Crippen LogP contribution in [0.2, 0.25) is 0 Å². The lowest BCUT2D eigenvalue weighted by Crippen LogP contribution is -2.31. The first-order valence-corrected chi connectivity index (χ1v) is 12.2. The Balaban J connectivity index is 1.24. The van der Waals surface area contributed by atoms with Gasteiger partial charge < -0.3 is 23.8 Å². The van der Waals surface area contributed by atoms with E-state index in [0.29, 0.717) is 55.7 Å². The maximum absolute atomic E-state index is 13.3. The minimum atomic E-state index is -0.0594. The third kappa shape index (κ3) is 5.88. The standard InChI is InChI=1S/C29H31NO5/c1-32-28-17-23(9-12-26(28)33-15-13-21-7-8-21)19-30-14-16-34-27-18-24(10-11-25(27)29(30)31)35-20-22-5-3-2-4-6-22/h2-6,9-12,17-18,21H,7-8,13-16,19-20H2,1H3. The molecule has 0 saturated heterocycles. The number of rotatable bonds is 10. The average molecular weight is 474 g/mol. The number of amides is 1. The van der Waals surface area contributed by atoms with Crippen molar-refractivity contribution in [2.75, 3.05) is 26.9 Å². The summed E-state index contributed by atoms with van der Waals surface area (Å²) in [6.07, 6.45) is 3.72. The molecule has 1 fully saturated rings. The first kappa shape index (κ1) is 23.1. The molecule has 0 N–H and O–H groups in total. The second-order valence-corrected chi connectivity index (χ2v) is 9.07. The lowest BCUT2D eigenvalue weighted by atomic mass is 10.1. The Hall–Kier alpha value is -3.67. The fraction of sp³-hybridized carbons (Fsp3) is 0.345. The zero-order valence-electron chi connectivity index (χ0n) is 20.1. The van der Waals surface area contributed by atoms with Crippen LogP contribution in [0.15, 0.2) is 66.7 Å². The summed E-state index contributed by atoms with van der Waals surface area (Å²) in [7, 11) is 1.64. The van der Waals surface area contributed by atoms with Crippen LogP contribution in [0.5, 0.6) is 23.0 Å². The molecule has 182 valence electrons. The zero-order chi connectivity index (χ0) is 24.0. The number of carbonyl (C=O) groups is 1. The van der Waals surface area contributed by atoms with Crippen LogP contribution in [0.25, 0.3) is 0 Å². The molecule has 6 nitrogen and oxygen atoms in total. The summed E-state index contributed by atoms with van der Waals surface area (Å²) in [5.41, 5.74) is 2.61. The molecule has 3 aromatic rings. The summed E-state index contributed by atoms with van der Waals surface area (Å²) >= 11 is 0. The van der Waals surface area contributed by atoms with E-state index in [-0.39, 0.29) is 5.91 Å². The molecule has 1 aliphatic carbocycles. The van der Waals surface area contributed by atoms with E-state index in [1.165, 1.54) is 12.8 Å². The molecule has 2 aliphatic rings. The highest BCUT2D eigenvalue weighted by Crippen LogP contribution is 2.34. The Morgan fingerprint density at radius 3 is 2.60 bits per heavy atom. The largest absolute Gasteiger partial charge is 0.493 e. The maximum atomic E-state index is 13.3. The summed E-state index contributed by atoms with van der Waals surface area (Å²) < 4.78 is 23.3. The van der Waals surface area contributed by atoms with Crippen LogP contribution in [0.3, 0.4) is 0 Å². The second-order valence-electron chi connectivity index (χ2n) is 9.07. The number of nitrogens with zero attached hydrogens (tertiary/aromatic N) is 1. The normalized spacial score (nSPS) is 15.1. The molecule has 1 amide bonds. The molecule has 1 saturated carbocycles. The van der Waals surface area contributed by atoms with Crippen LogP contribution in [-0.2, 0) is 13.2 Å². The summed E-state index contributed by atoms with van der Waals surface area (Å²) in [5.74, 6) is 3.44. The molecule has 35 heavy (non-hydrogen) atoms. The van der Waals surface area contributed by atoms with Gasteiger partial charge in [-0.3, -0.25) is 4.79 Å². The van der Waals surface area contributed by atoms with Crippen molar-refractivity contribution < 1.29 is 23.7 Å². The van der Waals surface area contributed by atoms with Gasteiger partial charge in [-0.1, -0.05) is 49.2 Å². The summed E-state index contributed by atoms with van der Waals surface area (Å²) in [6.45, 7) is 2.54. The highest BCUT2D eigenvalue weighted by atomic mass is 16.5. The molecular weight excluding hydrogens is 442 g/mol. The Bertz CT molecular complexity index is 1160. The molecule has 0 radical (unpaired) electrons. The highest BCUT2D eigenvalue weighted by molar-refractivity contribution is 5.97. The Morgan fingerprint density at radius 1 is 0.943 bits per heavy atom. The topological polar surface area (TPSA) is 57.2 Å². The van der Waals surface area contributed by atoms with Gasteiger partial charge in [-0.15, -0.1) is 0 Å². The number of benzene rings is 3. The summed E-state index contributed by atoms with van der Waals surface area (Å²) in [5, 5.41) is 0. The van der Waals surface area contributed by atoms with Gasteiger partial charge in [0.2, 0.25) is 0 Å². The predicted molar refractivity (Wildman–Crippen MR) is 133 cm³/mol. The van der Waals surface area contributed by atoms with E-state index in [0.717, 1.165) is 29.2 Å². The molecule has 0 aromatic heterocycles. The van der Waals surface area contributed by atoms with Crippen molar-refractivity contribution in [3.8, 4) is 23.0 Å². The zero-order valence-corrected chi connectivity index (χ0v) is 20.1. The SMILES string of the molecule is COc1cc(CN2CCOc3cc(OCc4ccccc4)ccc3C2=O)ccc1OCCC1CC1. The summed E-state index contributed by atoms with van der Waals surface area (Å²) in [6, 6.07) is 21.3. The van der Waals surface area contributed by atoms with Gasteiger partial charge in [0.15, 0.2) is 11.5 Å². The van der Waals surface area contributed by atoms with E-state index in [9.17, 15) is 4.79 Å². The van der Waals surface area contributed by atoms with Crippen molar-refractivity contribution in [2.24, 2.45) is 5.92 Å². The van der Waals surface area contributed by atoms with Crippen molar-refractivity contribution in [3.63, 3.8) is 0 Å². The van der Waals surface area contributed by atoms with E-state index in [1.54, 1.807) is 24.1 Å². The van der Waals surface area contributed by atoms with Crippen LogP contribution in [-0.4, -0.2) is 37.7 Å². The van der Waals surface area contributed by atoms with E-state index < -0.39 is 0 Å². The highest BCUT2D eigenvalue weighted by Gasteiger charge is 2.25. The number of hydrogen-bond donors (Lipinski definition) is 0. The Kier molecular flexibility index (Phi) is 7.07. The number of ether oxygens (including phenoxy) is 4. The number of methoxy groups -OCH3 is 1. The van der Waals surface area contributed by atoms with Gasteiger partial charge in [-0.2, -0.15) is 0 Å². The predicted octanol–water partition coefficient (Wildman–Crippen LogP) is 5.49. The molecule has 5 rings (SSSR count). The van der Waals surface area contributed by atoms with Gasteiger partial charge in [0.25, 0.3) is 5.91 Å². The van der Waals surface area contributed by atoms with Crippen LogP contribution < -0.4 is 18.9 Å². The monoisotopic (exact) mass is 473 g/mol. The van der Waals surface area contributed by atoms with E-state index >= 15 is 0 Å². The lowest BCUT2D eigenvalue weighted by Gasteiger charge is -2.21. The van der Waals surface area contributed by atoms with Crippen molar-refractivity contribution in [2.45, 2.75) is 32.4 Å². The van der Waals surface area contributed by atoms with Gasteiger partial charge in [0, 0.05) is 12.6 Å². The first-order chi connectivity index (χ1) is 17.2. The Morgan fingerprint density at radius 2 is 1.80 bits per heavy atom. The van der Waals surface area contributed by atoms with Gasteiger partial charge in [-0.05, 0) is 47.7 Å². The summed E-state index contributed by atoms with van der Waals surface area (Å²) in [4.78, 5) is 15.1. The van der Waals surface area contributed by atoms with E-state index in [2.05, 4.69) is 0 Å². The van der Waals surface area contributed by atoms with Crippen molar-refractivity contribution in [1.29, 1.82) is 0 Å². The van der Waals surface area contributed by atoms with Crippen LogP contribution in [0.4, 0.5) is 0 Å². The van der Waals surface area contributed by atoms with Gasteiger partial charge >= 0.3 is 0 Å². The van der Waals surface area contributed by atoms with E-state index in [4.69, 9.17) is 18.9 Å². The van der Waals surface area contributed by atoms with Crippen LogP contribution in [0.1, 0.15) is 40.7 Å².